The molecule has 0 spiro atoms. The fourth-order valence-electron chi connectivity index (χ4n) is 3.27. The molecule has 17 heavy (non-hydrogen) atoms. The van der Waals surface area contributed by atoms with Crippen LogP contribution >= 0.6 is 0 Å². The van der Waals surface area contributed by atoms with Gasteiger partial charge in [-0.15, -0.1) is 0 Å². The molecule has 2 N–H and O–H groups in total. The molecule has 0 amide bonds. The first-order valence-electron chi connectivity index (χ1n) is 7.33. The average Bonchev–Trinajstić information content (AvgIpc) is 2.58. The smallest absolute Gasteiger partial charge is 0.0771 e. The van der Waals surface area contributed by atoms with Crippen LogP contribution in [0.4, 0.5) is 0 Å². The zero-order valence-electron chi connectivity index (χ0n) is 11.2. The van der Waals surface area contributed by atoms with Gasteiger partial charge in [0.05, 0.1) is 5.60 Å². The second kappa shape index (κ2) is 6.17. The molecule has 1 unspecified atom stereocenters. The summed E-state index contributed by atoms with van der Waals surface area (Å²) in [5.74, 6) is 0. The first kappa shape index (κ1) is 13.3. The van der Waals surface area contributed by atoms with Crippen molar-refractivity contribution < 1.29 is 5.11 Å². The van der Waals surface area contributed by atoms with E-state index >= 15 is 0 Å². The molecular formula is C14H28N2O. The number of hydrogen-bond acceptors (Lipinski definition) is 3. The molecule has 1 atom stereocenters. The van der Waals surface area contributed by atoms with Crippen molar-refractivity contribution in [2.24, 2.45) is 0 Å². The van der Waals surface area contributed by atoms with E-state index in [1.165, 1.54) is 45.1 Å². The molecule has 1 aliphatic heterocycles. The number of nitrogens with zero attached hydrogens (tertiary/aromatic N) is 1. The van der Waals surface area contributed by atoms with Gasteiger partial charge in [0.1, 0.15) is 0 Å². The lowest BCUT2D eigenvalue weighted by molar-refractivity contribution is 0.0243. The van der Waals surface area contributed by atoms with Gasteiger partial charge in [-0.2, -0.15) is 0 Å². The van der Waals surface area contributed by atoms with Gasteiger partial charge in [0, 0.05) is 19.1 Å². The first-order valence-corrected chi connectivity index (χ1v) is 7.33. The SMILES string of the molecule is CN1CCCC1CNCC1(O)CCCCCC1. The highest BCUT2D eigenvalue weighted by Gasteiger charge is 2.28. The Hall–Kier alpha value is -0.120. The van der Waals surface area contributed by atoms with Crippen LogP contribution in [-0.2, 0) is 0 Å². The Kier molecular flexibility index (Phi) is 4.83. The molecule has 1 saturated heterocycles. The maximum Gasteiger partial charge on any atom is 0.0771 e. The Balaban J connectivity index is 1.69. The number of likely N-dealkylation sites (N-methyl/N-ethyl adjacent to an activating group) is 1. The maximum absolute atomic E-state index is 10.5. The van der Waals surface area contributed by atoms with Gasteiger partial charge in [0.25, 0.3) is 0 Å². The summed E-state index contributed by atoms with van der Waals surface area (Å²) in [5.41, 5.74) is -0.423. The van der Waals surface area contributed by atoms with Gasteiger partial charge in [-0.05, 0) is 39.3 Å². The Morgan fingerprint density at radius 3 is 2.47 bits per heavy atom. The van der Waals surface area contributed by atoms with Crippen LogP contribution in [0.15, 0.2) is 0 Å². The van der Waals surface area contributed by atoms with Crippen molar-refractivity contribution in [3.8, 4) is 0 Å². The lowest BCUT2D eigenvalue weighted by Crippen LogP contribution is -2.44. The quantitative estimate of drug-likeness (QED) is 0.735. The molecule has 1 saturated carbocycles. The monoisotopic (exact) mass is 240 g/mol. The zero-order valence-corrected chi connectivity index (χ0v) is 11.2. The maximum atomic E-state index is 10.5. The summed E-state index contributed by atoms with van der Waals surface area (Å²) in [4.78, 5) is 2.43. The molecule has 3 heteroatoms. The summed E-state index contributed by atoms with van der Waals surface area (Å²) in [6, 6.07) is 0.685. The predicted octanol–water partition coefficient (Wildman–Crippen LogP) is 1.76. The fraction of sp³-hybridized carbons (Fsp3) is 1.00. The summed E-state index contributed by atoms with van der Waals surface area (Å²) in [5, 5.41) is 14.0. The topological polar surface area (TPSA) is 35.5 Å². The normalized spacial score (nSPS) is 30.4. The number of rotatable bonds is 4. The van der Waals surface area contributed by atoms with Gasteiger partial charge < -0.3 is 15.3 Å². The van der Waals surface area contributed by atoms with Crippen molar-refractivity contribution in [1.29, 1.82) is 0 Å². The summed E-state index contributed by atoms with van der Waals surface area (Å²) in [7, 11) is 2.21. The molecule has 0 aromatic rings. The average molecular weight is 240 g/mol. The highest BCUT2D eigenvalue weighted by Crippen LogP contribution is 2.26. The number of nitrogens with one attached hydrogen (secondary N) is 1. The van der Waals surface area contributed by atoms with Crippen molar-refractivity contribution in [2.75, 3.05) is 26.7 Å². The molecule has 0 aromatic carbocycles. The van der Waals surface area contributed by atoms with E-state index in [-0.39, 0.29) is 0 Å². The molecule has 0 radical (unpaired) electrons. The third-order valence-electron chi connectivity index (χ3n) is 4.54. The van der Waals surface area contributed by atoms with E-state index in [9.17, 15) is 5.11 Å². The lowest BCUT2D eigenvalue weighted by Gasteiger charge is -2.28. The number of hydrogen-bond donors (Lipinski definition) is 2. The van der Waals surface area contributed by atoms with E-state index in [0.717, 1.165) is 25.9 Å². The van der Waals surface area contributed by atoms with Crippen molar-refractivity contribution in [2.45, 2.75) is 63.0 Å². The Labute approximate surface area is 106 Å². The fourth-order valence-corrected chi connectivity index (χ4v) is 3.27. The van der Waals surface area contributed by atoms with Crippen LogP contribution < -0.4 is 5.32 Å². The minimum atomic E-state index is -0.423. The van der Waals surface area contributed by atoms with Crippen LogP contribution in [0.5, 0.6) is 0 Å². The second-order valence-electron chi connectivity index (χ2n) is 6.05. The van der Waals surface area contributed by atoms with Crippen molar-refractivity contribution >= 4 is 0 Å². The molecule has 2 aliphatic rings. The van der Waals surface area contributed by atoms with Crippen LogP contribution in [0, 0.1) is 0 Å². The van der Waals surface area contributed by atoms with E-state index in [2.05, 4.69) is 17.3 Å². The molecule has 2 rings (SSSR count). The molecule has 100 valence electrons. The van der Waals surface area contributed by atoms with E-state index in [1.807, 2.05) is 0 Å². The van der Waals surface area contributed by atoms with E-state index in [4.69, 9.17) is 0 Å². The minimum absolute atomic E-state index is 0.423. The summed E-state index contributed by atoms with van der Waals surface area (Å²) in [6.07, 6.45) is 9.60. The molecule has 1 heterocycles. The lowest BCUT2D eigenvalue weighted by atomic mass is 9.94. The van der Waals surface area contributed by atoms with E-state index in [0.29, 0.717) is 6.04 Å². The summed E-state index contributed by atoms with van der Waals surface area (Å²) >= 11 is 0. The molecule has 1 aliphatic carbocycles. The van der Waals surface area contributed by atoms with Gasteiger partial charge in [0.15, 0.2) is 0 Å². The highest BCUT2D eigenvalue weighted by molar-refractivity contribution is 4.85. The van der Waals surface area contributed by atoms with Crippen molar-refractivity contribution in [1.82, 2.24) is 10.2 Å². The Bertz CT molecular complexity index is 224. The minimum Gasteiger partial charge on any atom is -0.389 e. The van der Waals surface area contributed by atoms with Gasteiger partial charge in [0.2, 0.25) is 0 Å². The Morgan fingerprint density at radius 2 is 1.88 bits per heavy atom. The summed E-state index contributed by atoms with van der Waals surface area (Å²) in [6.45, 7) is 3.06. The van der Waals surface area contributed by atoms with Gasteiger partial charge in [-0.3, -0.25) is 0 Å². The largest absolute Gasteiger partial charge is 0.389 e. The third-order valence-corrected chi connectivity index (χ3v) is 4.54. The molecule has 3 nitrogen and oxygen atoms in total. The first-order chi connectivity index (χ1) is 8.20. The van der Waals surface area contributed by atoms with Crippen LogP contribution in [-0.4, -0.2) is 48.3 Å². The third kappa shape index (κ3) is 3.94. The van der Waals surface area contributed by atoms with Crippen molar-refractivity contribution in [3.05, 3.63) is 0 Å². The number of aliphatic hydroxyl groups is 1. The number of likely N-dealkylation sites (tertiary alicyclic amines) is 1. The van der Waals surface area contributed by atoms with Gasteiger partial charge >= 0.3 is 0 Å². The van der Waals surface area contributed by atoms with Crippen LogP contribution in [0.3, 0.4) is 0 Å². The van der Waals surface area contributed by atoms with Crippen LogP contribution in [0.2, 0.25) is 0 Å². The van der Waals surface area contributed by atoms with Crippen LogP contribution in [0.25, 0.3) is 0 Å². The van der Waals surface area contributed by atoms with Gasteiger partial charge in [-0.25, -0.2) is 0 Å². The summed E-state index contributed by atoms with van der Waals surface area (Å²) < 4.78 is 0. The second-order valence-corrected chi connectivity index (χ2v) is 6.05. The standard InChI is InChI=1S/C14H28N2O/c1-16-10-6-7-13(16)11-15-12-14(17)8-4-2-3-5-9-14/h13,15,17H,2-12H2,1H3. The Morgan fingerprint density at radius 1 is 1.18 bits per heavy atom. The van der Waals surface area contributed by atoms with E-state index in [1.54, 1.807) is 0 Å². The van der Waals surface area contributed by atoms with E-state index < -0.39 is 5.60 Å². The zero-order chi connectivity index (χ0) is 12.1. The predicted molar refractivity (Wildman–Crippen MR) is 71.2 cm³/mol. The molecule has 0 aromatic heterocycles. The molecule has 2 fully saturated rings. The highest BCUT2D eigenvalue weighted by atomic mass is 16.3. The molecule has 0 bridgehead atoms. The van der Waals surface area contributed by atoms with Gasteiger partial charge in [-0.1, -0.05) is 25.7 Å². The molecular weight excluding hydrogens is 212 g/mol. The van der Waals surface area contributed by atoms with Crippen molar-refractivity contribution in [3.63, 3.8) is 0 Å². The van der Waals surface area contributed by atoms with Crippen LogP contribution in [0.1, 0.15) is 51.4 Å².